The van der Waals surface area contributed by atoms with Gasteiger partial charge in [0.05, 0.1) is 0 Å². The Labute approximate surface area is 112 Å². The fraction of sp³-hybridized carbons (Fsp3) is 0.600. The quantitative estimate of drug-likeness (QED) is 0.588. The minimum atomic E-state index is 1.29. The van der Waals surface area contributed by atoms with Gasteiger partial charge in [0.2, 0.25) is 0 Å². The molecule has 0 spiro atoms. The summed E-state index contributed by atoms with van der Waals surface area (Å²) in [6.45, 7) is 2.28. The van der Waals surface area contributed by atoms with Gasteiger partial charge in [-0.3, -0.25) is 0 Å². The minimum absolute atomic E-state index is 1.29. The van der Waals surface area contributed by atoms with Crippen LogP contribution in [0.1, 0.15) is 57.4 Å². The maximum atomic E-state index is 2.29. The molecule has 0 aliphatic heterocycles. The molecule has 1 aromatic carbocycles. The number of rotatable bonds is 8. The Balaban J connectivity index is 2.05. The second kappa shape index (κ2) is 8.99. The van der Waals surface area contributed by atoms with Crippen LogP contribution in [-0.2, 0) is 26.2 Å². The molecule has 89 valence electrons. The Kier molecular flexibility index (Phi) is 7.85. The van der Waals surface area contributed by atoms with Crippen LogP contribution in [0.4, 0.5) is 0 Å². The van der Waals surface area contributed by atoms with Gasteiger partial charge in [-0.05, 0) is 0 Å². The normalized spacial score (nSPS) is 10.6. The SMILES string of the molecule is CCCCCCCCCc1cccc[c]1[W]. The first kappa shape index (κ1) is 14.0. The molecule has 0 amide bonds. The molecule has 0 N–H and O–H groups in total. The summed E-state index contributed by atoms with van der Waals surface area (Å²) in [6, 6.07) is 8.87. The van der Waals surface area contributed by atoms with Crippen LogP contribution in [0.2, 0.25) is 0 Å². The van der Waals surface area contributed by atoms with Crippen molar-refractivity contribution >= 4 is 3.95 Å². The molecule has 0 unspecified atom stereocenters. The van der Waals surface area contributed by atoms with Gasteiger partial charge in [0.25, 0.3) is 0 Å². The number of benzene rings is 1. The maximum absolute atomic E-state index is 2.29. The van der Waals surface area contributed by atoms with Crippen molar-refractivity contribution in [1.82, 2.24) is 0 Å². The van der Waals surface area contributed by atoms with Gasteiger partial charge in [-0.2, -0.15) is 0 Å². The summed E-state index contributed by atoms with van der Waals surface area (Å²) < 4.78 is 1.54. The Morgan fingerprint density at radius 2 is 1.50 bits per heavy atom. The topological polar surface area (TPSA) is 0 Å². The van der Waals surface area contributed by atoms with E-state index in [9.17, 15) is 0 Å². The predicted octanol–water partition coefficient (Wildman–Crippen LogP) is 4.15. The van der Waals surface area contributed by atoms with Crippen LogP contribution in [0.25, 0.3) is 0 Å². The van der Waals surface area contributed by atoms with Crippen molar-refractivity contribution in [3.05, 3.63) is 29.8 Å². The molecule has 0 saturated carbocycles. The molecule has 0 aliphatic carbocycles. The van der Waals surface area contributed by atoms with Gasteiger partial charge < -0.3 is 0 Å². The summed E-state index contributed by atoms with van der Waals surface area (Å²) in [5.41, 5.74) is 1.58. The molecular weight excluding hydrogens is 364 g/mol. The average Bonchev–Trinajstić information content (AvgIpc) is 2.30. The van der Waals surface area contributed by atoms with Gasteiger partial charge in [0.15, 0.2) is 0 Å². The zero-order valence-electron chi connectivity index (χ0n) is 10.4. The van der Waals surface area contributed by atoms with Crippen molar-refractivity contribution in [2.75, 3.05) is 0 Å². The van der Waals surface area contributed by atoms with Crippen molar-refractivity contribution in [3.63, 3.8) is 0 Å². The van der Waals surface area contributed by atoms with Crippen molar-refractivity contribution in [3.8, 4) is 0 Å². The number of unbranched alkanes of at least 4 members (excludes halogenated alkanes) is 6. The Bertz CT molecular complexity index is 281. The average molecular weight is 387 g/mol. The molecule has 1 aromatic rings. The molecule has 0 fully saturated rings. The molecule has 0 nitrogen and oxygen atoms in total. The predicted molar refractivity (Wildman–Crippen MR) is 67.8 cm³/mol. The summed E-state index contributed by atoms with van der Waals surface area (Å²) in [4.78, 5) is 0. The van der Waals surface area contributed by atoms with Crippen molar-refractivity contribution in [2.45, 2.75) is 58.3 Å². The fourth-order valence-corrected chi connectivity index (χ4v) is 2.88. The third kappa shape index (κ3) is 5.85. The van der Waals surface area contributed by atoms with Gasteiger partial charge in [0, 0.05) is 0 Å². The monoisotopic (exact) mass is 387 g/mol. The van der Waals surface area contributed by atoms with Crippen LogP contribution in [0, 0.1) is 0 Å². The van der Waals surface area contributed by atoms with Crippen LogP contribution < -0.4 is 3.95 Å². The third-order valence-electron chi connectivity index (χ3n) is 3.02. The first-order valence-corrected chi connectivity index (χ1v) is 8.06. The Morgan fingerprint density at radius 3 is 2.19 bits per heavy atom. The first-order chi connectivity index (χ1) is 7.84. The molecule has 0 bridgehead atoms. The second-order valence-electron chi connectivity index (χ2n) is 4.48. The van der Waals surface area contributed by atoms with Crippen LogP contribution in [0.15, 0.2) is 24.3 Å². The van der Waals surface area contributed by atoms with E-state index in [4.69, 9.17) is 0 Å². The zero-order chi connectivity index (χ0) is 11.6. The van der Waals surface area contributed by atoms with Gasteiger partial charge in [0.1, 0.15) is 0 Å². The first-order valence-electron chi connectivity index (χ1n) is 6.59. The summed E-state index contributed by atoms with van der Waals surface area (Å²) >= 11 is 1.61. The Morgan fingerprint density at radius 1 is 0.875 bits per heavy atom. The van der Waals surface area contributed by atoms with Crippen molar-refractivity contribution < 1.29 is 19.8 Å². The van der Waals surface area contributed by atoms with E-state index in [0.717, 1.165) is 0 Å². The molecule has 1 rings (SSSR count). The van der Waals surface area contributed by atoms with E-state index in [1.165, 1.54) is 55.3 Å². The van der Waals surface area contributed by atoms with Gasteiger partial charge in [-0.15, -0.1) is 0 Å². The summed E-state index contributed by atoms with van der Waals surface area (Å²) in [6.07, 6.45) is 11.1. The van der Waals surface area contributed by atoms with Crippen LogP contribution >= 0.6 is 0 Å². The van der Waals surface area contributed by atoms with E-state index in [-0.39, 0.29) is 0 Å². The Hall–Kier alpha value is -0.0917. The summed E-state index contributed by atoms with van der Waals surface area (Å²) in [7, 11) is 0. The molecular formula is C15H23W. The standard InChI is InChI=1S/C15H23.W/c1-2-3-4-5-6-7-9-12-15-13-10-8-11-14-15;/h8,10-11,13H,2-7,9,12H2,1H3;. The van der Waals surface area contributed by atoms with Gasteiger partial charge >= 0.3 is 112 Å². The number of aryl methyl sites for hydroxylation is 1. The van der Waals surface area contributed by atoms with Gasteiger partial charge in [-0.25, -0.2) is 0 Å². The molecule has 0 saturated heterocycles. The van der Waals surface area contributed by atoms with E-state index in [1.54, 1.807) is 25.4 Å². The van der Waals surface area contributed by atoms with Crippen LogP contribution in [0.3, 0.4) is 0 Å². The van der Waals surface area contributed by atoms with Crippen molar-refractivity contribution in [2.24, 2.45) is 0 Å². The summed E-state index contributed by atoms with van der Waals surface area (Å²) in [5.74, 6) is 0. The molecule has 0 aromatic heterocycles. The van der Waals surface area contributed by atoms with E-state index >= 15 is 0 Å². The number of hydrogen-bond acceptors (Lipinski definition) is 0. The molecule has 0 aliphatic rings. The fourth-order valence-electron chi connectivity index (χ4n) is 1.98. The third-order valence-corrected chi connectivity index (χ3v) is 4.45. The molecule has 0 radical (unpaired) electrons. The molecule has 16 heavy (non-hydrogen) atoms. The van der Waals surface area contributed by atoms with Crippen LogP contribution in [0.5, 0.6) is 0 Å². The van der Waals surface area contributed by atoms with Gasteiger partial charge in [-0.1, -0.05) is 0 Å². The van der Waals surface area contributed by atoms with E-state index < -0.39 is 0 Å². The molecule has 0 atom stereocenters. The second-order valence-corrected chi connectivity index (χ2v) is 6.06. The number of hydrogen-bond donors (Lipinski definition) is 0. The zero-order valence-corrected chi connectivity index (χ0v) is 13.3. The van der Waals surface area contributed by atoms with E-state index in [0.29, 0.717) is 0 Å². The van der Waals surface area contributed by atoms with Crippen molar-refractivity contribution in [1.29, 1.82) is 0 Å². The molecule has 0 heterocycles. The molecule has 1 heteroatoms. The summed E-state index contributed by atoms with van der Waals surface area (Å²) in [5, 5.41) is 0. The van der Waals surface area contributed by atoms with E-state index in [2.05, 4.69) is 31.2 Å². The van der Waals surface area contributed by atoms with Crippen LogP contribution in [-0.4, -0.2) is 0 Å². The van der Waals surface area contributed by atoms with E-state index in [1.807, 2.05) is 0 Å².